The lowest BCUT2D eigenvalue weighted by Crippen LogP contribution is -2.70. The summed E-state index contributed by atoms with van der Waals surface area (Å²) in [5.74, 6) is -7.52. The average molecular weight is 1340 g/mol. The van der Waals surface area contributed by atoms with E-state index in [0.29, 0.717) is 5.56 Å². The van der Waals surface area contributed by atoms with Crippen LogP contribution in [0.25, 0.3) is 0 Å². The topological polar surface area (TPSA) is 613 Å². The quantitative estimate of drug-likeness (QED) is 0.0204. The maximum Gasteiger partial charge on any atom is 0.306 e. The molecule has 3 saturated heterocycles. The van der Waals surface area contributed by atoms with Crippen LogP contribution in [-0.2, 0) is 58.9 Å². The van der Waals surface area contributed by atoms with Crippen molar-refractivity contribution in [3.63, 3.8) is 0 Å². The van der Waals surface area contributed by atoms with Crippen molar-refractivity contribution in [2.75, 3.05) is 45.3 Å². The first-order chi connectivity index (χ1) is 44.6. The van der Waals surface area contributed by atoms with Crippen LogP contribution in [-0.4, -0.2) is 305 Å². The van der Waals surface area contributed by atoms with Crippen molar-refractivity contribution in [1.82, 2.24) is 31.5 Å². The van der Waals surface area contributed by atoms with Gasteiger partial charge in [-0.1, -0.05) is 57.2 Å². The van der Waals surface area contributed by atoms with Crippen molar-refractivity contribution in [3.8, 4) is 5.75 Å². The molecule has 25 atom stereocenters. The Bertz CT molecular complexity index is 2960. The molecule has 2 aromatic carbocycles. The maximum atomic E-state index is 15.0. The molecule has 37 heteroatoms. The Morgan fingerprint density at radius 3 is 1.93 bits per heavy atom. The van der Waals surface area contributed by atoms with E-state index in [-0.39, 0.29) is 48.1 Å². The number of nitrogens with two attached hydrogens (primary N) is 4. The number of carbonyl (C=O) groups excluding carboxylic acids is 6. The molecule has 37 nitrogen and oxygen atoms in total. The van der Waals surface area contributed by atoms with E-state index in [4.69, 9.17) is 51.4 Å². The fourth-order valence-electron chi connectivity index (χ4n) is 11.2. The molecule has 94 heavy (non-hydrogen) atoms. The van der Waals surface area contributed by atoms with Crippen molar-refractivity contribution < 1.29 is 124 Å². The molecule has 0 bridgehead atoms. The zero-order valence-corrected chi connectivity index (χ0v) is 51.2. The lowest BCUT2D eigenvalue weighted by Gasteiger charge is -2.46. The first-order valence-electron chi connectivity index (χ1n) is 30.1. The highest BCUT2D eigenvalue weighted by Gasteiger charge is 2.55. The molecule has 0 aromatic heterocycles. The van der Waals surface area contributed by atoms with Crippen molar-refractivity contribution in [1.29, 1.82) is 0 Å². The van der Waals surface area contributed by atoms with Crippen molar-refractivity contribution in [3.05, 3.63) is 59.7 Å². The zero-order chi connectivity index (χ0) is 69.2. The van der Waals surface area contributed by atoms with Gasteiger partial charge in [-0.15, -0.1) is 0 Å². The van der Waals surface area contributed by atoms with Gasteiger partial charge in [-0.05, 0) is 29.2 Å². The van der Waals surface area contributed by atoms with Crippen LogP contribution in [0.15, 0.2) is 58.5 Å². The molecule has 5 aliphatic rings. The third-order valence-corrected chi connectivity index (χ3v) is 16.7. The number of aliphatic imine (C=N–C) groups is 2. The van der Waals surface area contributed by atoms with Crippen LogP contribution in [0.4, 0.5) is 5.69 Å². The normalized spacial score (nSPS) is 32.0. The Kier molecular flexibility index (Phi) is 26.1. The molecule has 0 radical (unpaired) electrons. The van der Waals surface area contributed by atoms with E-state index in [9.17, 15) is 95.2 Å². The Labute approximate surface area is 537 Å². The third kappa shape index (κ3) is 17.3. The fraction of sp³-hybridized carbons (Fsp3) is 0.649. The van der Waals surface area contributed by atoms with E-state index >= 15 is 0 Å². The number of aliphatic hydroxyl groups excluding tert-OH is 13. The molecule has 0 spiro atoms. The first kappa shape index (κ1) is 74.3. The minimum absolute atomic E-state index is 0.101. The van der Waals surface area contributed by atoms with Gasteiger partial charge in [-0.3, -0.25) is 34.0 Å². The van der Waals surface area contributed by atoms with E-state index in [2.05, 4.69) is 36.6 Å². The number of rotatable bonds is 29. The molecule has 25 unspecified atom stereocenters. The summed E-state index contributed by atoms with van der Waals surface area (Å²) in [6.07, 6.45) is -31.8. The van der Waals surface area contributed by atoms with E-state index in [0.717, 1.165) is 4.90 Å². The highest BCUT2D eigenvalue weighted by Crippen LogP contribution is 2.34. The van der Waals surface area contributed by atoms with Gasteiger partial charge in [0.15, 0.2) is 30.5 Å². The Morgan fingerprint density at radius 1 is 0.691 bits per heavy atom. The summed E-state index contributed by atoms with van der Waals surface area (Å²) in [7, 11) is 0. The number of carbonyl (C=O) groups is 6. The number of nitrogens with zero attached hydrogens (tertiary/aromatic N) is 3. The third-order valence-electron chi connectivity index (χ3n) is 16.7. The lowest BCUT2D eigenvalue weighted by atomic mass is 9.93. The van der Waals surface area contributed by atoms with Crippen LogP contribution in [0.2, 0.25) is 0 Å². The molecule has 2 aromatic rings. The Balaban J connectivity index is 1.15. The van der Waals surface area contributed by atoms with Gasteiger partial charge >= 0.3 is 5.97 Å². The minimum Gasteiger partial charge on any atom is -0.460 e. The number of benzene rings is 2. The predicted molar refractivity (Wildman–Crippen MR) is 320 cm³/mol. The second-order valence-electron chi connectivity index (χ2n) is 23.8. The maximum absolute atomic E-state index is 15.0. The van der Waals surface area contributed by atoms with Gasteiger partial charge < -0.3 is 154 Å². The molecule has 4 amide bonds. The lowest BCUT2D eigenvalue weighted by molar-refractivity contribution is -0.353. The zero-order valence-electron chi connectivity index (χ0n) is 51.2. The monoisotopic (exact) mass is 1340 g/mol. The highest BCUT2D eigenvalue weighted by atomic mass is 16.7. The second-order valence-corrected chi connectivity index (χ2v) is 23.8. The number of nitrogens with one attached hydrogen (secondary N) is 5. The molecular weight excluding hydrogens is 1250 g/mol. The number of anilines is 1. The SMILES string of the molecule is CC(C)CC(=O)OC1C(O)C(CO)OC(OC2C(CO)OC(Oc3ccc(CC(NC(=O)C(N)C(C)c4ccccc4)C(=O)NC(C(=O)NC(C(=O)NC(C=O)CO)C(O)C4CN=C(N)N4C4OC(CO)C(O)C(O)C4O)C(O)C4CN=C(N)N4)cc3N)C(O)C2O)C1O. The Morgan fingerprint density at radius 2 is 1.32 bits per heavy atom. The van der Waals surface area contributed by atoms with Crippen LogP contribution < -0.4 is 54.3 Å². The molecule has 5 heterocycles. The van der Waals surface area contributed by atoms with Crippen LogP contribution >= 0.6 is 0 Å². The summed E-state index contributed by atoms with van der Waals surface area (Å²) >= 11 is 0. The van der Waals surface area contributed by atoms with Crippen LogP contribution in [0.5, 0.6) is 5.75 Å². The fourth-order valence-corrected chi connectivity index (χ4v) is 11.2. The number of hydrogen-bond acceptors (Lipinski definition) is 33. The summed E-state index contributed by atoms with van der Waals surface area (Å²) in [5, 5.41) is 153. The Hall–Kier alpha value is -7.12. The molecule has 26 N–H and O–H groups in total. The van der Waals surface area contributed by atoms with Crippen molar-refractivity contribution >= 4 is 53.5 Å². The number of guanidine groups is 2. The number of ether oxygens (including phenoxy) is 6. The smallest absolute Gasteiger partial charge is 0.306 e. The number of amides is 4. The molecule has 3 fully saturated rings. The van der Waals surface area contributed by atoms with E-state index in [1.807, 2.05) is 0 Å². The molecule has 524 valence electrons. The van der Waals surface area contributed by atoms with Crippen LogP contribution in [0.3, 0.4) is 0 Å². The van der Waals surface area contributed by atoms with Gasteiger partial charge in [-0.2, -0.15) is 0 Å². The van der Waals surface area contributed by atoms with Crippen molar-refractivity contribution in [2.45, 2.75) is 186 Å². The standard InChI is InChI=1S/C57H86N12O25/c1-21(2)11-34(75)93-48-41(79)32(19-73)91-55(46(48)84)94-47-33(20-74)92-54(45(83)43(47)81)90-30-10-9-23(12-26(30)58)13-27(65-50(86)35(59)22(3)24-7-5-4-6-8-24)49(85)67-36(38(76)28-14-62-56(60)66-28)52(88)68-37(51(87)64-25(16-70)17-71)39(77)29-15-63-57(61)69(29)53-44(82)42(80)40(78)31(18-72)89-53/h4-10,12,16,21-22,25,27-29,31-33,35-48,53-55,71-74,76-84H,11,13-15,17-20,58-59H2,1-3H3,(H2,61,63)(H,64,87)(H,65,86)(H,67,85)(H,68,88)(H3,60,62,66). The van der Waals surface area contributed by atoms with Crippen LogP contribution in [0.1, 0.15) is 44.2 Å². The molecule has 7 rings (SSSR count). The van der Waals surface area contributed by atoms with Gasteiger partial charge in [0.2, 0.25) is 29.9 Å². The number of aldehydes is 1. The van der Waals surface area contributed by atoms with Crippen molar-refractivity contribution in [2.24, 2.45) is 33.1 Å². The summed E-state index contributed by atoms with van der Waals surface area (Å²) in [4.78, 5) is 91.8. The molecular formula is C57H86N12O25. The minimum atomic E-state index is -2.28. The van der Waals surface area contributed by atoms with Gasteiger partial charge in [0.25, 0.3) is 0 Å². The van der Waals surface area contributed by atoms with Gasteiger partial charge in [-0.25, -0.2) is 0 Å². The second kappa shape index (κ2) is 33.0. The first-order valence-corrected chi connectivity index (χ1v) is 30.1. The van der Waals surface area contributed by atoms with E-state index in [1.165, 1.54) is 18.2 Å². The largest absolute Gasteiger partial charge is 0.460 e. The predicted octanol–water partition coefficient (Wildman–Crippen LogP) is -11.5. The highest BCUT2D eigenvalue weighted by molar-refractivity contribution is 5.96. The van der Waals surface area contributed by atoms with Crippen LogP contribution in [0, 0.1) is 5.92 Å². The summed E-state index contributed by atoms with van der Waals surface area (Å²) < 4.78 is 34.1. The van der Waals surface area contributed by atoms with Gasteiger partial charge in [0.1, 0.15) is 116 Å². The average Bonchev–Trinajstić information content (AvgIpc) is 1.37. The van der Waals surface area contributed by atoms with E-state index in [1.54, 1.807) is 51.1 Å². The van der Waals surface area contributed by atoms with Gasteiger partial charge in [0, 0.05) is 18.8 Å². The molecule has 0 aliphatic carbocycles. The molecule has 0 saturated carbocycles. The number of nitrogen functional groups attached to an aromatic ring is 1. The summed E-state index contributed by atoms with van der Waals surface area (Å²) in [5.41, 5.74) is 25.6. The number of aliphatic hydroxyl groups is 13. The van der Waals surface area contributed by atoms with Gasteiger partial charge in [0.05, 0.1) is 63.3 Å². The molecule has 5 aliphatic heterocycles. The number of hydrogen-bond donors (Lipinski definition) is 22. The number of esters is 1. The van der Waals surface area contributed by atoms with E-state index < -0.39 is 227 Å². The summed E-state index contributed by atoms with van der Waals surface area (Å²) in [6, 6.07) is 0.238. The summed E-state index contributed by atoms with van der Waals surface area (Å²) in [6.45, 7) is 0.603.